The van der Waals surface area contributed by atoms with Crippen molar-refractivity contribution in [3.8, 4) is 6.07 Å². The smallest absolute Gasteiger partial charge is 0.170 e. The Morgan fingerprint density at radius 2 is 1.47 bits per heavy atom. The van der Waals surface area contributed by atoms with Gasteiger partial charge in [0.1, 0.15) is 6.10 Å². The second kappa shape index (κ2) is 6.14. The maximum atomic E-state index is 9.70. The van der Waals surface area contributed by atoms with Crippen LogP contribution in [0.1, 0.15) is 22.8 Å². The number of nitriles is 1. The molecule has 3 nitrogen and oxygen atoms in total. The van der Waals surface area contributed by atoms with Crippen molar-refractivity contribution in [2.24, 2.45) is 0 Å². The molecule has 0 saturated carbocycles. The maximum Gasteiger partial charge on any atom is 0.170 e. The molecular formula is C16H15NO2. The van der Waals surface area contributed by atoms with Gasteiger partial charge in [0.25, 0.3) is 0 Å². The van der Waals surface area contributed by atoms with E-state index in [9.17, 15) is 10.2 Å². The Balaban J connectivity index is 2.09. The summed E-state index contributed by atoms with van der Waals surface area (Å²) >= 11 is 0. The Kier molecular flexibility index (Phi) is 4.30. The third kappa shape index (κ3) is 3.41. The maximum absolute atomic E-state index is 9.70. The Morgan fingerprint density at radius 3 is 2.05 bits per heavy atom. The first-order valence-corrected chi connectivity index (χ1v) is 6.09. The Labute approximate surface area is 112 Å². The van der Waals surface area contributed by atoms with Crippen LogP contribution in [0, 0.1) is 11.3 Å². The zero-order valence-electron chi connectivity index (χ0n) is 10.4. The summed E-state index contributed by atoms with van der Waals surface area (Å²) in [6.07, 6.45) is -1.73. The summed E-state index contributed by atoms with van der Waals surface area (Å²) < 4.78 is 0. The molecule has 19 heavy (non-hydrogen) atoms. The number of aliphatic hydroxyl groups excluding tert-OH is 2. The summed E-state index contributed by atoms with van der Waals surface area (Å²) in [6, 6.07) is 19.0. The molecule has 0 radical (unpaired) electrons. The van der Waals surface area contributed by atoms with Gasteiger partial charge in [0.15, 0.2) is 6.10 Å². The van der Waals surface area contributed by atoms with E-state index in [4.69, 9.17) is 5.26 Å². The van der Waals surface area contributed by atoms with Crippen LogP contribution in [0.3, 0.4) is 0 Å². The number of benzene rings is 2. The van der Waals surface area contributed by atoms with Crippen molar-refractivity contribution in [3.63, 3.8) is 0 Å². The normalized spacial score (nSPS) is 13.5. The Morgan fingerprint density at radius 1 is 0.895 bits per heavy atom. The van der Waals surface area contributed by atoms with Crippen LogP contribution in [0.5, 0.6) is 0 Å². The minimum absolute atomic E-state index is 0.547. The van der Waals surface area contributed by atoms with Crippen LogP contribution in [0.15, 0.2) is 54.6 Å². The summed E-state index contributed by atoms with van der Waals surface area (Å²) in [5.74, 6) is 0. The molecular weight excluding hydrogens is 238 g/mol. The van der Waals surface area contributed by atoms with Gasteiger partial charge in [-0.25, -0.2) is 0 Å². The molecule has 0 saturated heterocycles. The predicted molar refractivity (Wildman–Crippen MR) is 72.3 cm³/mol. The van der Waals surface area contributed by atoms with Gasteiger partial charge in [0.2, 0.25) is 0 Å². The van der Waals surface area contributed by atoms with Crippen LogP contribution in [0.2, 0.25) is 0 Å². The Hall–Kier alpha value is -2.15. The number of aliphatic hydroxyl groups is 2. The van der Waals surface area contributed by atoms with E-state index >= 15 is 0 Å². The van der Waals surface area contributed by atoms with Crippen molar-refractivity contribution in [3.05, 3.63) is 71.3 Å². The van der Waals surface area contributed by atoms with Crippen molar-refractivity contribution < 1.29 is 10.2 Å². The molecule has 0 amide bonds. The van der Waals surface area contributed by atoms with Gasteiger partial charge >= 0.3 is 0 Å². The second-order valence-corrected chi connectivity index (χ2v) is 4.42. The first-order chi connectivity index (χ1) is 9.20. The average molecular weight is 253 g/mol. The van der Waals surface area contributed by atoms with E-state index in [2.05, 4.69) is 12.1 Å². The lowest BCUT2D eigenvalue weighted by atomic mass is 10.00. The lowest BCUT2D eigenvalue weighted by molar-refractivity contribution is 0.0528. The predicted octanol–water partition coefficient (Wildman–Crippen LogP) is 2.20. The average Bonchev–Trinajstić information content (AvgIpc) is 2.47. The van der Waals surface area contributed by atoms with E-state index in [0.717, 1.165) is 12.0 Å². The van der Waals surface area contributed by atoms with E-state index in [1.54, 1.807) is 18.2 Å². The molecule has 0 aliphatic heterocycles. The van der Waals surface area contributed by atoms with Crippen LogP contribution < -0.4 is 0 Å². The van der Waals surface area contributed by atoms with Crippen molar-refractivity contribution in [1.29, 1.82) is 5.26 Å². The standard InChI is InChI=1S/C16H15NO2/c17-11-15(18)16(19)14-8-6-13(7-9-14)10-12-4-2-1-3-5-12/h1-9,15-16,18-19H,10H2. The fourth-order valence-corrected chi connectivity index (χ4v) is 1.92. The molecule has 0 aliphatic carbocycles. The fraction of sp³-hybridized carbons (Fsp3) is 0.188. The summed E-state index contributed by atoms with van der Waals surface area (Å²) in [7, 11) is 0. The largest absolute Gasteiger partial charge is 0.385 e. The quantitative estimate of drug-likeness (QED) is 0.821. The van der Waals surface area contributed by atoms with Crippen molar-refractivity contribution in [1.82, 2.24) is 0 Å². The second-order valence-electron chi connectivity index (χ2n) is 4.42. The highest BCUT2D eigenvalue weighted by Crippen LogP contribution is 2.18. The van der Waals surface area contributed by atoms with Crippen molar-refractivity contribution in [2.75, 3.05) is 0 Å². The molecule has 96 valence electrons. The van der Waals surface area contributed by atoms with Crippen LogP contribution in [-0.2, 0) is 6.42 Å². The summed E-state index contributed by atoms with van der Waals surface area (Å²) in [5, 5.41) is 27.5. The van der Waals surface area contributed by atoms with Gasteiger partial charge in [-0.1, -0.05) is 54.6 Å². The van der Waals surface area contributed by atoms with Gasteiger partial charge in [-0.3, -0.25) is 0 Å². The summed E-state index contributed by atoms with van der Waals surface area (Å²) in [4.78, 5) is 0. The molecule has 0 spiro atoms. The monoisotopic (exact) mass is 253 g/mol. The van der Waals surface area contributed by atoms with E-state index in [1.807, 2.05) is 30.3 Å². The molecule has 2 aromatic carbocycles. The fourth-order valence-electron chi connectivity index (χ4n) is 1.92. The molecule has 2 atom stereocenters. The molecule has 2 aromatic rings. The molecule has 3 heteroatoms. The lowest BCUT2D eigenvalue weighted by Gasteiger charge is -2.12. The van der Waals surface area contributed by atoms with Gasteiger partial charge in [0.05, 0.1) is 6.07 Å². The number of nitrogens with zero attached hydrogens (tertiary/aromatic N) is 1. The van der Waals surface area contributed by atoms with Crippen LogP contribution in [0.4, 0.5) is 0 Å². The van der Waals surface area contributed by atoms with Gasteiger partial charge in [-0.2, -0.15) is 5.26 Å². The molecule has 0 heterocycles. The van der Waals surface area contributed by atoms with E-state index < -0.39 is 12.2 Å². The summed E-state index contributed by atoms with van der Waals surface area (Å²) in [6.45, 7) is 0. The third-order valence-corrected chi connectivity index (χ3v) is 3.00. The molecule has 2 unspecified atom stereocenters. The van der Waals surface area contributed by atoms with Crippen molar-refractivity contribution in [2.45, 2.75) is 18.6 Å². The first kappa shape index (κ1) is 13.3. The van der Waals surface area contributed by atoms with E-state index in [-0.39, 0.29) is 0 Å². The van der Waals surface area contributed by atoms with Crippen molar-refractivity contribution >= 4 is 0 Å². The van der Waals surface area contributed by atoms with E-state index in [0.29, 0.717) is 5.56 Å². The Bertz CT molecular complexity index is 558. The number of rotatable bonds is 4. The summed E-state index contributed by atoms with van der Waals surface area (Å²) in [5.41, 5.74) is 2.88. The first-order valence-electron chi connectivity index (χ1n) is 6.09. The lowest BCUT2D eigenvalue weighted by Crippen LogP contribution is -2.15. The van der Waals surface area contributed by atoms with E-state index in [1.165, 1.54) is 5.56 Å². The zero-order chi connectivity index (χ0) is 13.7. The van der Waals surface area contributed by atoms with Gasteiger partial charge in [-0.15, -0.1) is 0 Å². The topological polar surface area (TPSA) is 64.2 Å². The molecule has 0 aromatic heterocycles. The number of hydrogen-bond acceptors (Lipinski definition) is 3. The third-order valence-electron chi connectivity index (χ3n) is 3.00. The molecule has 0 bridgehead atoms. The SMILES string of the molecule is N#CC(O)C(O)c1ccc(Cc2ccccc2)cc1. The van der Waals surface area contributed by atoms with Gasteiger partial charge in [-0.05, 0) is 23.1 Å². The zero-order valence-corrected chi connectivity index (χ0v) is 10.4. The highest BCUT2D eigenvalue weighted by atomic mass is 16.3. The van der Waals surface area contributed by atoms with Gasteiger partial charge < -0.3 is 10.2 Å². The van der Waals surface area contributed by atoms with Gasteiger partial charge in [0, 0.05) is 0 Å². The highest BCUT2D eigenvalue weighted by molar-refractivity contribution is 5.30. The minimum atomic E-state index is -1.39. The highest BCUT2D eigenvalue weighted by Gasteiger charge is 2.17. The number of hydrogen-bond donors (Lipinski definition) is 2. The minimum Gasteiger partial charge on any atom is -0.385 e. The van der Waals surface area contributed by atoms with Crippen LogP contribution >= 0.6 is 0 Å². The molecule has 0 fully saturated rings. The van der Waals surface area contributed by atoms with Crippen LogP contribution in [-0.4, -0.2) is 16.3 Å². The molecule has 2 rings (SSSR count). The molecule has 2 N–H and O–H groups in total. The van der Waals surface area contributed by atoms with Crippen LogP contribution in [0.25, 0.3) is 0 Å². The molecule has 0 aliphatic rings.